The molecule has 9 aromatic carbocycles. The van der Waals surface area contributed by atoms with Crippen molar-refractivity contribution in [3.63, 3.8) is 0 Å². The van der Waals surface area contributed by atoms with Crippen molar-refractivity contribution in [3.8, 4) is 33.4 Å². The largest absolute Gasteiger partial charge is 0.311 e. The van der Waals surface area contributed by atoms with Gasteiger partial charge in [0.2, 0.25) is 0 Å². The highest BCUT2D eigenvalue weighted by Crippen LogP contribution is 2.42. The summed E-state index contributed by atoms with van der Waals surface area (Å²) in [5.74, 6) is 0. The zero-order valence-electron chi connectivity index (χ0n) is 35.8. The van der Waals surface area contributed by atoms with Crippen LogP contribution in [0.1, 0.15) is 11.0 Å². The zero-order valence-corrected chi connectivity index (χ0v) is 28.6. The predicted octanol–water partition coefficient (Wildman–Crippen LogP) is 14.8. The Balaban J connectivity index is 1.21. The molecule has 0 aliphatic rings. The van der Waals surface area contributed by atoms with Crippen molar-refractivity contribution < 1.29 is 11.0 Å². The Hall–Kier alpha value is -6.48. The fourth-order valence-electron chi connectivity index (χ4n) is 7.13. The minimum absolute atomic E-state index is 0.128. The summed E-state index contributed by atoms with van der Waals surface area (Å²) in [6.45, 7) is 0. The third kappa shape index (κ3) is 5.24. The average molecular weight is 688 g/mol. The summed E-state index contributed by atoms with van der Waals surface area (Å²) in [5.41, 5.74) is 3.23. The van der Waals surface area contributed by atoms with Gasteiger partial charge in [0.1, 0.15) is 0 Å². The van der Waals surface area contributed by atoms with E-state index in [9.17, 15) is 11.0 Å². The van der Waals surface area contributed by atoms with Crippen LogP contribution in [-0.4, -0.2) is 0 Å². The maximum atomic E-state index is 9.55. The molecule has 0 amide bonds. The zero-order chi connectivity index (χ0) is 41.4. The lowest BCUT2D eigenvalue weighted by atomic mass is 9.97. The van der Waals surface area contributed by atoms with Gasteiger partial charge in [-0.25, -0.2) is 0 Å². The summed E-state index contributed by atoms with van der Waals surface area (Å²) in [7, 11) is 0. The first-order valence-electron chi connectivity index (χ1n) is 21.1. The standard InChI is InChI=1S/C50H33NS/c1-3-14-42-34(10-1)12-7-17-44(42)36-22-28-39(29-23-36)51(40-30-24-37(25-31-40)45-18-8-13-35-11-2-4-15-43(35)45)41-32-26-38(27-33-41)46-19-9-20-48-47-16-5-6-21-49(47)52-50(46)48/h1-33H/i22D,23D,24D,25D,28D,29D,30D,31D. The second-order valence-corrected chi connectivity index (χ2v) is 13.7. The molecular weight excluding hydrogens is 647 g/mol. The van der Waals surface area contributed by atoms with Crippen LogP contribution in [0, 0.1) is 0 Å². The maximum Gasteiger partial charge on any atom is 0.0645 e. The lowest BCUT2D eigenvalue weighted by Crippen LogP contribution is -2.09. The molecule has 0 fully saturated rings. The van der Waals surface area contributed by atoms with Crippen molar-refractivity contribution in [1.82, 2.24) is 0 Å². The van der Waals surface area contributed by atoms with E-state index in [0.29, 0.717) is 16.8 Å². The van der Waals surface area contributed by atoms with Gasteiger partial charge in [0.25, 0.3) is 0 Å². The average Bonchev–Trinajstić information content (AvgIpc) is 3.67. The van der Waals surface area contributed by atoms with Gasteiger partial charge in [-0.3, -0.25) is 0 Å². The summed E-state index contributed by atoms with van der Waals surface area (Å²) < 4.78 is 78.1. The predicted molar refractivity (Wildman–Crippen MR) is 225 cm³/mol. The van der Waals surface area contributed by atoms with Crippen molar-refractivity contribution in [2.24, 2.45) is 0 Å². The van der Waals surface area contributed by atoms with Crippen molar-refractivity contribution in [1.29, 1.82) is 0 Å². The molecular formula is C50H33NS. The molecule has 10 aromatic rings. The first kappa shape index (κ1) is 23.1. The molecule has 0 spiro atoms. The molecule has 10 rings (SSSR count). The fraction of sp³-hybridized carbons (Fsp3) is 0. The lowest BCUT2D eigenvalue weighted by molar-refractivity contribution is 1.28. The molecule has 1 aromatic heterocycles. The van der Waals surface area contributed by atoms with E-state index >= 15 is 0 Å². The van der Waals surface area contributed by atoms with Crippen LogP contribution < -0.4 is 4.90 Å². The van der Waals surface area contributed by atoms with E-state index in [1.807, 2.05) is 103 Å². The number of fused-ring (bicyclic) bond motifs is 5. The molecule has 0 bridgehead atoms. The molecule has 1 nitrogen and oxygen atoms in total. The Morgan fingerprint density at radius 1 is 0.346 bits per heavy atom. The minimum Gasteiger partial charge on any atom is -0.311 e. The van der Waals surface area contributed by atoms with Crippen molar-refractivity contribution in [3.05, 3.63) is 200 Å². The summed E-state index contributed by atoms with van der Waals surface area (Å²) in [5, 5.41) is 5.64. The second kappa shape index (κ2) is 12.7. The van der Waals surface area contributed by atoms with Gasteiger partial charge >= 0.3 is 0 Å². The molecule has 0 atom stereocenters. The highest BCUT2D eigenvalue weighted by molar-refractivity contribution is 7.26. The Morgan fingerprint density at radius 3 is 1.40 bits per heavy atom. The summed E-state index contributed by atoms with van der Waals surface area (Å²) in [6.07, 6.45) is 0. The van der Waals surface area contributed by atoms with Crippen LogP contribution in [0.25, 0.3) is 75.1 Å². The quantitative estimate of drug-likeness (QED) is 0.168. The third-order valence-electron chi connectivity index (χ3n) is 9.63. The Labute approximate surface area is 318 Å². The summed E-state index contributed by atoms with van der Waals surface area (Å²) in [6, 6.07) is 45.4. The van der Waals surface area contributed by atoms with Gasteiger partial charge in [0, 0.05) is 37.2 Å². The second-order valence-electron chi connectivity index (χ2n) is 12.7. The van der Waals surface area contributed by atoms with Gasteiger partial charge in [-0.1, -0.05) is 158 Å². The van der Waals surface area contributed by atoms with Crippen molar-refractivity contribution in [2.45, 2.75) is 0 Å². The molecule has 0 N–H and O–H groups in total. The van der Waals surface area contributed by atoms with E-state index in [2.05, 4.69) is 24.3 Å². The number of rotatable bonds is 6. The maximum absolute atomic E-state index is 9.55. The SMILES string of the molecule is [2H]c1c([2H])c(N(c2ccc(-c3cccc4c3sc3ccccc34)cc2)c2c([2H])c([2H])c(-c3cccc4ccccc34)c([2H])c2[2H])c([2H])c([2H])c1-c1cccc2ccccc12. The van der Waals surface area contributed by atoms with Crippen LogP contribution in [0.15, 0.2) is 200 Å². The monoisotopic (exact) mass is 687 g/mol. The molecule has 52 heavy (non-hydrogen) atoms. The van der Waals surface area contributed by atoms with Crippen molar-refractivity contribution >= 4 is 70.1 Å². The molecule has 1 heterocycles. The molecule has 0 unspecified atom stereocenters. The van der Waals surface area contributed by atoms with E-state index in [1.165, 1.54) is 15.0 Å². The topological polar surface area (TPSA) is 3.24 Å². The smallest absolute Gasteiger partial charge is 0.0645 e. The van der Waals surface area contributed by atoms with E-state index in [4.69, 9.17) is 0 Å². The molecule has 0 aliphatic carbocycles. The van der Waals surface area contributed by atoms with E-state index < -0.39 is 0 Å². The highest BCUT2D eigenvalue weighted by Gasteiger charge is 2.16. The van der Waals surface area contributed by atoms with Crippen LogP contribution in [0.2, 0.25) is 0 Å². The fourth-order valence-corrected chi connectivity index (χ4v) is 8.36. The Morgan fingerprint density at radius 2 is 0.808 bits per heavy atom. The van der Waals surface area contributed by atoms with Gasteiger partial charge in [0.05, 0.1) is 11.0 Å². The number of hydrogen-bond acceptors (Lipinski definition) is 2. The third-order valence-corrected chi connectivity index (χ3v) is 10.8. The molecule has 0 aliphatic heterocycles. The van der Waals surface area contributed by atoms with Crippen LogP contribution in [-0.2, 0) is 0 Å². The van der Waals surface area contributed by atoms with Gasteiger partial charge in [-0.2, -0.15) is 0 Å². The number of thiophene rings is 1. The first-order chi connectivity index (χ1) is 29.1. The van der Waals surface area contributed by atoms with Crippen LogP contribution in [0.3, 0.4) is 0 Å². The number of anilines is 3. The van der Waals surface area contributed by atoms with Gasteiger partial charge < -0.3 is 4.90 Å². The Bertz CT molecular complexity index is 3160. The van der Waals surface area contributed by atoms with Crippen LogP contribution in [0.4, 0.5) is 17.1 Å². The highest BCUT2D eigenvalue weighted by atomic mass is 32.1. The number of nitrogens with zero attached hydrogens (tertiary/aromatic N) is 1. The molecule has 0 radical (unpaired) electrons. The van der Waals surface area contributed by atoms with E-state index in [0.717, 1.165) is 42.8 Å². The normalized spacial score (nSPS) is 13.6. The van der Waals surface area contributed by atoms with Crippen LogP contribution in [0.5, 0.6) is 0 Å². The number of benzene rings is 9. The van der Waals surface area contributed by atoms with E-state index in [1.54, 1.807) is 35.6 Å². The lowest BCUT2D eigenvalue weighted by Gasteiger charge is -2.26. The van der Waals surface area contributed by atoms with Crippen molar-refractivity contribution in [2.75, 3.05) is 4.90 Å². The number of hydrogen-bond donors (Lipinski definition) is 0. The molecule has 244 valence electrons. The van der Waals surface area contributed by atoms with Crippen LogP contribution >= 0.6 is 11.3 Å². The summed E-state index contributed by atoms with van der Waals surface area (Å²) >= 11 is 1.71. The first-order valence-corrected chi connectivity index (χ1v) is 17.9. The summed E-state index contributed by atoms with van der Waals surface area (Å²) in [4.78, 5) is 1.37. The molecule has 2 heteroatoms. The van der Waals surface area contributed by atoms with Gasteiger partial charge in [0.15, 0.2) is 0 Å². The van der Waals surface area contributed by atoms with Gasteiger partial charge in [-0.05, 0) is 97.3 Å². The van der Waals surface area contributed by atoms with Gasteiger partial charge in [-0.15, -0.1) is 11.3 Å². The molecule has 0 saturated heterocycles. The minimum atomic E-state index is -0.381. The molecule has 0 saturated carbocycles. The van der Waals surface area contributed by atoms with E-state index in [-0.39, 0.29) is 70.8 Å². The Kier molecular flexibility index (Phi) is 5.63.